The second-order valence-corrected chi connectivity index (χ2v) is 7.41. The molecule has 0 atom stereocenters. The summed E-state index contributed by atoms with van der Waals surface area (Å²) >= 11 is 0. The Balaban J connectivity index is 1.62. The molecule has 0 aliphatic carbocycles. The van der Waals surface area contributed by atoms with E-state index in [1.807, 2.05) is 4.90 Å². The molecule has 0 radical (unpaired) electrons. The molecule has 162 valence electrons. The molecule has 2 aromatic carbocycles. The maximum Gasteiger partial charge on any atom is 0.416 e. The number of rotatable bonds is 4. The van der Waals surface area contributed by atoms with E-state index in [0.29, 0.717) is 24.3 Å². The van der Waals surface area contributed by atoms with Crippen LogP contribution in [0, 0.1) is 5.82 Å². The number of hydrogen-bond acceptors (Lipinski definition) is 3. The number of benzene rings is 2. The van der Waals surface area contributed by atoms with Crippen molar-refractivity contribution in [2.24, 2.45) is 0 Å². The first kappa shape index (κ1) is 21.0. The third kappa shape index (κ3) is 4.73. The highest BCUT2D eigenvalue weighted by molar-refractivity contribution is 6.04. The van der Waals surface area contributed by atoms with E-state index >= 15 is 0 Å². The average molecular weight is 432 g/mol. The summed E-state index contributed by atoms with van der Waals surface area (Å²) in [5.74, 6) is -0.929. The molecule has 1 amide bonds. The molecule has 0 saturated carbocycles. The average Bonchev–Trinajstić information content (AvgIpc) is 3.24. The van der Waals surface area contributed by atoms with Crippen LogP contribution < -0.4 is 10.2 Å². The molecular formula is C23H20F4N2O2. The highest BCUT2D eigenvalue weighted by atomic mass is 19.4. The number of anilines is 2. The van der Waals surface area contributed by atoms with E-state index in [0.717, 1.165) is 31.4 Å². The number of piperidine rings is 1. The maximum absolute atomic E-state index is 13.4. The van der Waals surface area contributed by atoms with Gasteiger partial charge >= 0.3 is 6.18 Å². The highest BCUT2D eigenvalue weighted by Gasteiger charge is 2.32. The quantitative estimate of drug-likeness (QED) is 0.489. The van der Waals surface area contributed by atoms with E-state index in [-0.39, 0.29) is 17.2 Å². The Bertz CT molecular complexity index is 1090. The number of furan rings is 1. The van der Waals surface area contributed by atoms with Gasteiger partial charge in [0.05, 0.1) is 16.9 Å². The van der Waals surface area contributed by atoms with Crippen LogP contribution in [0.15, 0.2) is 59.0 Å². The van der Waals surface area contributed by atoms with E-state index < -0.39 is 23.5 Å². The van der Waals surface area contributed by atoms with Crippen molar-refractivity contribution in [1.82, 2.24) is 0 Å². The molecule has 0 unspecified atom stereocenters. The van der Waals surface area contributed by atoms with Gasteiger partial charge in [-0.15, -0.1) is 0 Å². The molecule has 1 N–H and O–H groups in total. The molecule has 1 fully saturated rings. The number of hydrogen-bond donors (Lipinski definition) is 1. The second kappa shape index (κ2) is 8.45. The predicted molar refractivity (Wildman–Crippen MR) is 110 cm³/mol. The van der Waals surface area contributed by atoms with Gasteiger partial charge in [0, 0.05) is 18.7 Å². The maximum atomic E-state index is 13.4. The largest absolute Gasteiger partial charge is 0.451 e. The van der Waals surface area contributed by atoms with Gasteiger partial charge in [-0.1, -0.05) is 12.1 Å². The summed E-state index contributed by atoms with van der Waals surface area (Å²) < 4.78 is 58.7. The zero-order valence-corrected chi connectivity index (χ0v) is 16.5. The Labute approximate surface area is 176 Å². The first-order chi connectivity index (χ1) is 14.8. The molecule has 2 heterocycles. The normalized spacial score (nSPS) is 14.5. The van der Waals surface area contributed by atoms with E-state index in [1.54, 1.807) is 6.07 Å². The minimum absolute atomic E-state index is 0.0745. The highest BCUT2D eigenvalue weighted by Crippen LogP contribution is 2.36. The van der Waals surface area contributed by atoms with Crippen molar-refractivity contribution < 1.29 is 26.8 Å². The van der Waals surface area contributed by atoms with Gasteiger partial charge in [-0.3, -0.25) is 4.79 Å². The smallest absolute Gasteiger partial charge is 0.416 e. The monoisotopic (exact) mass is 432 g/mol. The SMILES string of the molecule is O=C(Nc1cc(C(F)(F)F)ccc1N1CCCCC1)c1ccc(-c2cccc(F)c2)o1. The van der Waals surface area contributed by atoms with Crippen molar-refractivity contribution in [3.63, 3.8) is 0 Å². The van der Waals surface area contributed by atoms with Crippen LogP contribution in [0.3, 0.4) is 0 Å². The summed E-state index contributed by atoms with van der Waals surface area (Å²) in [4.78, 5) is 14.7. The van der Waals surface area contributed by atoms with Gasteiger partial charge in [-0.25, -0.2) is 4.39 Å². The summed E-state index contributed by atoms with van der Waals surface area (Å²) in [5, 5.41) is 2.56. The van der Waals surface area contributed by atoms with Crippen molar-refractivity contribution in [3.05, 3.63) is 71.7 Å². The number of amides is 1. The Morgan fingerprint density at radius 2 is 1.74 bits per heavy atom. The molecule has 31 heavy (non-hydrogen) atoms. The van der Waals surface area contributed by atoms with Crippen molar-refractivity contribution in [2.45, 2.75) is 25.4 Å². The first-order valence-corrected chi connectivity index (χ1v) is 9.94. The minimum atomic E-state index is -4.53. The van der Waals surface area contributed by atoms with Gasteiger partial charge in [0.1, 0.15) is 11.6 Å². The van der Waals surface area contributed by atoms with Crippen LogP contribution in [0.5, 0.6) is 0 Å². The summed E-state index contributed by atoms with van der Waals surface area (Å²) in [6.45, 7) is 1.41. The number of carbonyl (C=O) groups is 1. The molecular weight excluding hydrogens is 412 g/mol. The van der Waals surface area contributed by atoms with Crippen LogP contribution in [-0.4, -0.2) is 19.0 Å². The third-order valence-corrected chi connectivity index (χ3v) is 5.21. The van der Waals surface area contributed by atoms with Crippen LogP contribution in [-0.2, 0) is 6.18 Å². The van der Waals surface area contributed by atoms with Gasteiger partial charge < -0.3 is 14.6 Å². The Kier molecular flexibility index (Phi) is 5.71. The molecule has 0 bridgehead atoms. The lowest BCUT2D eigenvalue weighted by molar-refractivity contribution is -0.137. The predicted octanol–water partition coefficient (Wildman–Crippen LogP) is 6.35. The van der Waals surface area contributed by atoms with Gasteiger partial charge in [0.15, 0.2) is 5.76 Å². The van der Waals surface area contributed by atoms with Crippen LogP contribution in [0.2, 0.25) is 0 Å². The van der Waals surface area contributed by atoms with Crippen LogP contribution in [0.4, 0.5) is 28.9 Å². The van der Waals surface area contributed by atoms with Crippen LogP contribution in [0.25, 0.3) is 11.3 Å². The Morgan fingerprint density at radius 3 is 2.45 bits per heavy atom. The zero-order chi connectivity index (χ0) is 22.0. The van der Waals surface area contributed by atoms with Crippen LogP contribution in [0.1, 0.15) is 35.4 Å². The fraction of sp³-hybridized carbons (Fsp3) is 0.261. The van der Waals surface area contributed by atoms with E-state index in [4.69, 9.17) is 4.42 Å². The first-order valence-electron chi connectivity index (χ1n) is 9.94. The summed E-state index contributed by atoms with van der Waals surface area (Å²) in [5.41, 5.74) is 0.221. The molecule has 4 rings (SSSR count). The lowest BCUT2D eigenvalue weighted by atomic mass is 10.1. The molecule has 1 aliphatic rings. The van der Waals surface area contributed by atoms with Gasteiger partial charge in [-0.05, 0) is 61.7 Å². The Hall–Kier alpha value is -3.29. The zero-order valence-electron chi connectivity index (χ0n) is 16.5. The molecule has 4 nitrogen and oxygen atoms in total. The van der Waals surface area contributed by atoms with Gasteiger partial charge in [0.2, 0.25) is 0 Å². The number of halogens is 4. The van der Waals surface area contributed by atoms with Gasteiger partial charge in [0.25, 0.3) is 5.91 Å². The van der Waals surface area contributed by atoms with E-state index in [2.05, 4.69) is 5.32 Å². The Morgan fingerprint density at radius 1 is 0.968 bits per heavy atom. The third-order valence-electron chi connectivity index (χ3n) is 5.21. The molecule has 1 saturated heterocycles. The summed E-state index contributed by atoms with van der Waals surface area (Å²) in [7, 11) is 0. The fourth-order valence-electron chi connectivity index (χ4n) is 3.66. The lowest BCUT2D eigenvalue weighted by Gasteiger charge is -2.31. The minimum Gasteiger partial charge on any atom is -0.451 e. The number of nitrogens with zero attached hydrogens (tertiary/aromatic N) is 1. The van der Waals surface area contributed by atoms with Crippen molar-refractivity contribution in [3.8, 4) is 11.3 Å². The van der Waals surface area contributed by atoms with Crippen molar-refractivity contribution in [1.29, 1.82) is 0 Å². The van der Waals surface area contributed by atoms with E-state index in [1.165, 1.54) is 36.4 Å². The van der Waals surface area contributed by atoms with Crippen LogP contribution >= 0.6 is 0 Å². The molecule has 1 aromatic heterocycles. The number of nitrogens with one attached hydrogen (secondary N) is 1. The molecule has 8 heteroatoms. The number of carbonyl (C=O) groups excluding carboxylic acids is 1. The van der Waals surface area contributed by atoms with Crippen molar-refractivity contribution in [2.75, 3.05) is 23.3 Å². The number of alkyl halides is 3. The van der Waals surface area contributed by atoms with Gasteiger partial charge in [-0.2, -0.15) is 13.2 Å². The fourth-order valence-corrected chi connectivity index (χ4v) is 3.66. The lowest BCUT2D eigenvalue weighted by Crippen LogP contribution is -2.30. The summed E-state index contributed by atoms with van der Waals surface area (Å²) in [6.07, 6.45) is -1.60. The standard InChI is InChI=1S/C23H20F4N2O2/c24-17-6-4-5-15(13-17)20-9-10-21(31-20)22(30)28-18-14-16(23(25,26)27)7-8-19(18)29-11-2-1-3-12-29/h4-10,13-14H,1-3,11-12H2,(H,28,30). The topological polar surface area (TPSA) is 45.5 Å². The molecule has 1 aliphatic heterocycles. The molecule has 3 aromatic rings. The molecule has 0 spiro atoms. The second-order valence-electron chi connectivity index (χ2n) is 7.41. The van der Waals surface area contributed by atoms with Crippen molar-refractivity contribution >= 4 is 17.3 Å². The van der Waals surface area contributed by atoms with E-state index in [9.17, 15) is 22.4 Å². The summed E-state index contributed by atoms with van der Waals surface area (Å²) in [6, 6.07) is 12.0.